The van der Waals surface area contributed by atoms with E-state index in [1.807, 2.05) is 0 Å². The van der Waals surface area contributed by atoms with Gasteiger partial charge in [-0.05, 0) is 24.5 Å². The Balaban J connectivity index is 2.36. The van der Waals surface area contributed by atoms with Gasteiger partial charge in [-0.15, -0.1) is 0 Å². The van der Waals surface area contributed by atoms with E-state index < -0.39 is 41.8 Å². The Morgan fingerprint density at radius 2 is 2.00 bits per heavy atom. The van der Waals surface area contributed by atoms with Crippen LogP contribution in [-0.2, 0) is 33.3 Å². The number of carbonyl (C=O) groups is 2. The Kier molecular flexibility index (Phi) is 4.30. The number of azide groups is 1. The van der Waals surface area contributed by atoms with Gasteiger partial charge in [0, 0.05) is 11.8 Å². The highest BCUT2D eigenvalue weighted by atomic mass is 16.8. The van der Waals surface area contributed by atoms with Crippen molar-refractivity contribution in [3.8, 4) is 0 Å². The van der Waals surface area contributed by atoms with E-state index in [0.717, 1.165) is 7.11 Å². The Bertz CT molecular complexity index is 531. The van der Waals surface area contributed by atoms with Crippen LogP contribution in [0.25, 0.3) is 10.4 Å². The molecule has 0 aromatic carbocycles. The third kappa shape index (κ3) is 2.73. The van der Waals surface area contributed by atoms with Gasteiger partial charge in [-0.1, -0.05) is 0 Å². The van der Waals surface area contributed by atoms with Crippen LogP contribution in [0.15, 0.2) is 5.11 Å². The minimum absolute atomic E-state index is 0.171. The van der Waals surface area contributed by atoms with Gasteiger partial charge in [0.15, 0.2) is 5.79 Å². The normalized spacial score (nSPS) is 35.4. The fourth-order valence-electron chi connectivity index (χ4n) is 2.55. The highest BCUT2D eigenvalue weighted by molar-refractivity contribution is 5.81. The standard InChI is InChI=1S/C12H17N3O7/c1-6(16)19-5-7-8-9(22-11(2,3)21-8)12(20-7,14-15-13)10(17)18-4/h7-9H,5H2,1-4H3/t7-,8-,9-,12-/m1/s1. The Labute approximate surface area is 126 Å². The highest BCUT2D eigenvalue weighted by Crippen LogP contribution is 2.45. The lowest BCUT2D eigenvalue weighted by atomic mass is 10.0. The van der Waals surface area contributed by atoms with E-state index >= 15 is 0 Å². The van der Waals surface area contributed by atoms with Crippen LogP contribution in [0.4, 0.5) is 0 Å². The fraction of sp³-hybridized carbons (Fsp3) is 0.833. The Morgan fingerprint density at radius 1 is 1.32 bits per heavy atom. The molecule has 0 N–H and O–H groups in total. The van der Waals surface area contributed by atoms with Crippen LogP contribution in [-0.4, -0.2) is 55.5 Å². The van der Waals surface area contributed by atoms with Crippen molar-refractivity contribution in [1.82, 2.24) is 0 Å². The van der Waals surface area contributed by atoms with Gasteiger partial charge in [0.25, 0.3) is 5.72 Å². The van der Waals surface area contributed by atoms with Gasteiger partial charge >= 0.3 is 11.9 Å². The summed E-state index contributed by atoms with van der Waals surface area (Å²) in [5.74, 6) is -2.44. The van der Waals surface area contributed by atoms with E-state index in [0.29, 0.717) is 0 Å². The van der Waals surface area contributed by atoms with E-state index in [9.17, 15) is 9.59 Å². The molecule has 0 bridgehead atoms. The van der Waals surface area contributed by atoms with Crippen molar-refractivity contribution in [1.29, 1.82) is 0 Å². The minimum atomic E-state index is -2.02. The predicted molar refractivity (Wildman–Crippen MR) is 69.2 cm³/mol. The summed E-state index contributed by atoms with van der Waals surface area (Å²) in [7, 11) is 1.13. The van der Waals surface area contributed by atoms with E-state index in [1.54, 1.807) is 13.8 Å². The van der Waals surface area contributed by atoms with E-state index in [-0.39, 0.29) is 6.61 Å². The summed E-state index contributed by atoms with van der Waals surface area (Å²) in [6.07, 6.45) is -2.59. The van der Waals surface area contributed by atoms with Gasteiger partial charge in [0.2, 0.25) is 0 Å². The molecule has 2 fully saturated rings. The zero-order chi connectivity index (χ0) is 16.5. The summed E-state index contributed by atoms with van der Waals surface area (Å²) < 4.78 is 26.4. The molecule has 0 aromatic heterocycles. The molecule has 0 spiro atoms. The monoisotopic (exact) mass is 315 g/mol. The molecule has 2 saturated heterocycles. The molecule has 0 radical (unpaired) electrons. The number of ether oxygens (including phenoxy) is 5. The molecule has 22 heavy (non-hydrogen) atoms. The molecule has 10 heteroatoms. The van der Waals surface area contributed by atoms with Gasteiger partial charge in [-0.2, -0.15) is 0 Å². The average molecular weight is 315 g/mol. The maximum atomic E-state index is 12.1. The van der Waals surface area contributed by atoms with E-state index in [2.05, 4.69) is 14.8 Å². The van der Waals surface area contributed by atoms with Crippen LogP contribution >= 0.6 is 0 Å². The summed E-state index contributed by atoms with van der Waals surface area (Å²) in [6.45, 7) is 4.36. The van der Waals surface area contributed by atoms with Crippen molar-refractivity contribution in [3.05, 3.63) is 10.4 Å². The first-order valence-corrected chi connectivity index (χ1v) is 6.57. The Morgan fingerprint density at radius 3 is 2.55 bits per heavy atom. The summed E-state index contributed by atoms with van der Waals surface area (Å²) in [4.78, 5) is 25.7. The van der Waals surface area contributed by atoms with Crippen LogP contribution in [0.3, 0.4) is 0 Å². The number of esters is 2. The molecule has 0 amide bonds. The number of hydrogen-bond donors (Lipinski definition) is 0. The van der Waals surface area contributed by atoms with Crippen molar-refractivity contribution < 1.29 is 33.3 Å². The number of nitrogens with zero attached hydrogens (tertiary/aromatic N) is 3. The SMILES string of the molecule is COC(=O)[C@]1(N=[N+]=[N-])O[C@H](COC(C)=O)[C@H]2OC(C)(C)O[C@H]21. The second kappa shape index (κ2) is 5.73. The number of methoxy groups -OCH3 is 1. The van der Waals surface area contributed by atoms with Crippen molar-refractivity contribution >= 4 is 11.9 Å². The molecule has 4 atom stereocenters. The van der Waals surface area contributed by atoms with Gasteiger partial charge in [0.05, 0.1) is 7.11 Å². The minimum Gasteiger partial charge on any atom is -0.467 e. The van der Waals surface area contributed by atoms with Gasteiger partial charge in [-0.3, -0.25) is 4.79 Å². The zero-order valence-corrected chi connectivity index (χ0v) is 12.6. The van der Waals surface area contributed by atoms with Crippen LogP contribution in [0.2, 0.25) is 0 Å². The van der Waals surface area contributed by atoms with Crippen LogP contribution in [0.1, 0.15) is 20.8 Å². The van der Waals surface area contributed by atoms with E-state index in [1.165, 1.54) is 6.92 Å². The molecule has 0 aromatic rings. The quantitative estimate of drug-likeness (QED) is 0.322. The van der Waals surface area contributed by atoms with Crippen molar-refractivity contribution in [2.75, 3.05) is 13.7 Å². The smallest absolute Gasteiger partial charge is 0.347 e. The maximum Gasteiger partial charge on any atom is 0.347 e. The van der Waals surface area contributed by atoms with Gasteiger partial charge < -0.3 is 23.7 Å². The molecule has 10 nitrogen and oxygen atoms in total. The predicted octanol–water partition coefficient (Wildman–Crippen LogP) is 0.648. The Hall–Kier alpha value is -1.87. The number of hydrogen-bond acceptors (Lipinski definition) is 8. The lowest BCUT2D eigenvalue weighted by Crippen LogP contribution is -2.48. The third-order valence-corrected chi connectivity index (χ3v) is 3.33. The van der Waals surface area contributed by atoms with Crippen LogP contribution in [0, 0.1) is 0 Å². The molecular formula is C12H17N3O7. The molecule has 2 aliphatic heterocycles. The fourth-order valence-corrected chi connectivity index (χ4v) is 2.55. The summed E-state index contributed by atoms with van der Waals surface area (Å²) in [5, 5.41) is 3.45. The first-order valence-electron chi connectivity index (χ1n) is 6.57. The molecule has 2 aliphatic rings. The number of rotatable bonds is 4. The summed E-state index contributed by atoms with van der Waals surface area (Å²) >= 11 is 0. The van der Waals surface area contributed by atoms with Gasteiger partial charge in [-0.25, -0.2) is 4.79 Å². The van der Waals surface area contributed by atoms with E-state index in [4.69, 9.17) is 24.5 Å². The molecule has 0 aliphatic carbocycles. The second-order valence-electron chi connectivity index (χ2n) is 5.36. The van der Waals surface area contributed by atoms with Crippen LogP contribution in [0.5, 0.6) is 0 Å². The molecule has 122 valence electrons. The highest BCUT2D eigenvalue weighted by Gasteiger charge is 2.67. The second-order valence-corrected chi connectivity index (χ2v) is 5.36. The lowest BCUT2D eigenvalue weighted by molar-refractivity contribution is -0.220. The largest absolute Gasteiger partial charge is 0.467 e. The molecule has 2 rings (SSSR count). The molecule has 0 unspecified atom stereocenters. The molecule has 2 heterocycles. The van der Waals surface area contributed by atoms with Crippen molar-refractivity contribution in [2.24, 2.45) is 5.11 Å². The number of carbonyl (C=O) groups excluding carboxylic acids is 2. The summed E-state index contributed by atoms with van der Waals surface area (Å²) in [5.41, 5.74) is 6.76. The third-order valence-electron chi connectivity index (χ3n) is 3.33. The van der Waals surface area contributed by atoms with Crippen molar-refractivity contribution in [3.63, 3.8) is 0 Å². The molecule has 0 saturated carbocycles. The topological polar surface area (TPSA) is 129 Å². The van der Waals surface area contributed by atoms with Crippen LogP contribution < -0.4 is 0 Å². The maximum absolute atomic E-state index is 12.1. The first-order chi connectivity index (χ1) is 10.3. The number of fused-ring (bicyclic) bond motifs is 1. The lowest BCUT2D eigenvalue weighted by Gasteiger charge is -2.28. The zero-order valence-electron chi connectivity index (χ0n) is 12.6. The summed E-state index contributed by atoms with van der Waals surface area (Å²) in [6, 6.07) is 0. The van der Waals surface area contributed by atoms with Crippen molar-refractivity contribution in [2.45, 2.75) is 50.6 Å². The first kappa shape index (κ1) is 16.5. The molecular weight excluding hydrogens is 298 g/mol. The van der Waals surface area contributed by atoms with Gasteiger partial charge in [0.1, 0.15) is 24.9 Å². The average Bonchev–Trinajstić information content (AvgIpc) is 2.89.